The van der Waals surface area contributed by atoms with Crippen molar-refractivity contribution in [2.75, 3.05) is 26.2 Å². The van der Waals surface area contributed by atoms with E-state index in [4.69, 9.17) is 8.94 Å². The highest BCUT2D eigenvalue weighted by atomic mass is 16.5. The first kappa shape index (κ1) is 14.4. The molecule has 7 heteroatoms. The summed E-state index contributed by atoms with van der Waals surface area (Å²) in [6.07, 6.45) is 1.53. The Morgan fingerprint density at radius 1 is 1.18 bits per heavy atom. The zero-order chi connectivity index (χ0) is 15.7. The Bertz CT molecular complexity index is 682. The molecule has 0 saturated carbocycles. The number of amides is 2. The van der Waals surface area contributed by atoms with Crippen molar-refractivity contribution >= 4 is 11.8 Å². The normalized spacial score (nSPS) is 15.2. The molecule has 0 aromatic carbocycles. The van der Waals surface area contributed by atoms with Crippen LogP contribution in [0.5, 0.6) is 0 Å². The second kappa shape index (κ2) is 5.67. The smallest absolute Gasteiger partial charge is 0.259 e. The number of hydrogen-bond donors (Lipinski definition) is 0. The standard InChI is InChI=1S/C15H17N3O4/c1-10-13(14(16-22-10)12-4-3-9-21-12)15(20)18-7-5-17(6-8-18)11(2)19/h3-4,9H,5-8H2,1-2H3. The van der Waals surface area contributed by atoms with Gasteiger partial charge in [0.1, 0.15) is 11.3 Å². The molecular weight excluding hydrogens is 286 g/mol. The Labute approximate surface area is 127 Å². The Kier molecular flexibility index (Phi) is 3.70. The fraction of sp³-hybridized carbons (Fsp3) is 0.400. The molecule has 116 valence electrons. The second-order valence-electron chi connectivity index (χ2n) is 5.24. The lowest BCUT2D eigenvalue weighted by Gasteiger charge is -2.34. The molecule has 2 aromatic heterocycles. The van der Waals surface area contributed by atoms with Gasteiger partial charge in [-0.2, -0.15) is 0 Å². The fourth-order valence-electron chi connectivity index (χ4n) is 2.59. The molecule has 7 nitrogen and oxygen atoms in total. The number of aromatic nitrogens is 1. The molecule has 3 heterocycles. The third kappa shape index (κ3) is 2.49. The summed E-state index contributed by atoms with van der Waals surface area (Å²) >= 11 is 0. The topological polar surface area (TPSA) is 79.8 Å². The van der Waals surface area contributed by atoms with Crippen LogP contribution in [0.1, 0.15) is 23.0 Å². The van der Waals surface area contributed by atoms with Crippen LogP contribution in [0.2, 0.25) is 0 Å². The summed E-state index contributed by atoms with van der Waals surface area (Å²) in [5.74, 6) is 0.853. The van der Waals surface area contributed by atoms with Crippen LogP contribution in [0.15, 0.2) is 27.3 Å². The van der Waals surface area contributed by atoms with Gasteiger partial charge in [0.15, 0.2) is 11.5 Å². The van der Waals surface area contributed by atoms with Crippen molar-refractivity contribution in [2.45, 2.75) is 13.8 Å². The molecule has 2 amide bonds. The van der Waals surface area contributed by atoms with Crippen molar-refractivity contribution in [3.05, 3.63) is 29.7 Å². The summed E-state index contributed by atoms with van der Waals surface area (Å²) in [4.78, 5) is 27.6. The number of rotatable bonds is 2. The minimum atomic E-state index is -0.145. The molecule has 0 bridgehead atoms. The van der Waals surface area contributed by atoms with Crippen molar-refractivity contribution in [2.24, 2.45) is 0 Å². The maximum atomic E-state index is 12.8. The van der Waals surface area contributed by atoms with E-state index < -0.39 is 0 Å². The number of piperazine rings is 1. The van der Waals surface area contributed by atoms with Gasteiger partial charge in [-0.15, -0.1) is 0 Å². The van der Waals surface area contributed by atoms with Gasteiger partial charge in [0, 0.05) is 33.1 Å². The van der Waals surface area contributed by atoms with Crippen molar-refractivity contribution in [3.63, 3.8) is 0 Å². The van der Waals surface area contributed by atoms with Crippen molar-refractivity contribution in [1.29, 1.82) is 0 Å². The van der Waals surface area contributed by atoms with Crippen LogP contribution in [0.3, 0.4) is 0 Å². The van der Waals surface area contributed by atoms with E-state index in [0.717, 1.165) is 0 Å². The monoisotopic (exact) mass is 303 g/mol. The van der Waals surface area contributed by atoms with E-state index in [2.05, 4.69) is 5.16 Å². The van der Waals surface area contributed by atoms with Gasteiger partial charge in [0.2, 0.25) is 5.91 Å². The lowest BCUT2D eigenvalue weighted by Crippen LogP contribution is -2.50. The number of carbonyl (C=O) groups excluding carboxylic acids is 2. The number of furan rings is 1. The molecule has 0 spiro atoms. The average molecular weight is 303 g/mol. The maximum absolute atomic E-state index is 12.8. The molecule has 22 heavy (non-hydrogen) atoms. The number of carbonyl (C=O) groups is 2. The first-order chi connectivity index (χ1) is 10.6. The zero-order valence-electron chi connectivity index (χ0n) is 12.5. The van der Waals surface area contributed by atoms with Crippen molar-refractivity contribution in [3.8, 4) is 11.5 Å². The first-order valence-electron chi connectivity index (χ1n) is 7.13. The third-order valence-corrected chi connectivity index (χ3v) is 3.84. The Hall–Kier alpha value is -2.57. The summed E-state index contributed by atoms with van der Waals surface area (Å²) in [6, 6.07) is 3.47. The minimum absolute atomic E-state index is 0.0320. The molecule has 0 aliphatic carbocycles. The van der Waals surface area contributed by atoms with Crippen LogP contribution < -0.4 is 0 Å². The van der Waals surface area contributed by atoms with Crippen LogP contribution in [0, 0.1) is 6.92 Å². The van der Waals surface area contributed by atoms with E-state index >= 15 is 0 Å². The molecule has 1 saturated heterocycles. The maximum Gasteiger partial charge on any atom is 0.259 e. The molecule has 0 N–H and O–H groups in total. The van der Waals surface area contributed by atoms with Crippen LogP contribution >= 0.6 is 0 Å². The highest BCUT2D eigenvalue weighted by molar-refractivity contribution is 6.00. The Morgan fingerprint density at radius 2 is 1.86 bits per heavy atom. The molecule has 0 unspecified atom stereocenters. The predicted octanol–water partition coefficient (Wildman–Crippen LogP) is 1.55. The molecular formula is C15H17N3O4. The molecule has 1 aliphatic heterocycles. The van der Waals surface area contributed by atoms with Crippen molar-refractivity contribution < 1.29 is 18.5 Å². The van der Waals surface area contributed by atoms with Gasteiger partial charge in [0.25, 0.3) is 5.91 Å². The van der Waals surface area contributed by atoms with E-state index in [0.29, 0.717) is 49.0 Å². The van der Waals surface area contributed by atoms with Crippen LogP contribution in [-0.2, 0) is 4.79 Å². The molecule has 0 radical (unpaired) electrons. The third-order valence-electron chi connectivity index (χ3n) is 3.84. The summed E-state index contributed by atoms with van der Waals surface area (Å²) in [7, 11) is 0. The second-order valence-corrected chi connectivity index (χ2v) is 5.24. The Balaban J connectivity index is 1.82. The quantitative estimate of drug-likeness (QED) is 0.841. The van der Waals surface area contributed by atoms with Crippen LogP contribution in [0.25, 0.3) is 11.5 Å². The van der Waals surface area contributed by atoms with Gasteiger partial charge >= 0.3 is 0 Å². The van der Waals surface area contributed by atoms with Crippen molar-refractivity contribution in [1.82, 2.24) is 15.0 Å². The van der Waals surface area contributed by atoms with Gasteiger partial charge in [-0.3, -0.25) is 9.59 Å². The van der Waals surface area contributed by atoms with E-state index in [1.165, 1.54) is 13.2 Å². The van der Waals surface area contributed by atoms with Gasteiger partial charge in [-0.05, 0) is 19.1 Å². The average Bonchev–Trinajstić information content (AvgIpc) is 3.15. The van der Waals surface area contributed by atoms with Gasteiger partial charge in [0.05, 0.1) is 6.26 Å². The molecule has 1 fully saturated rings. The summed E-state index contributed by atoms with van der Waals surface area (Å²) in [5, 5.41) is 3.94. The van der Waals surface area contributed by atoms with E-state index in [1.807, 2.05) is 0 Å². The molecule has 3 rings (SSSR count). The first-order valence-corrected chi connectivity index (χ1v) is 7.13. The SMILES string of the molecule is CC(=O)N1CCN(C(=O)c2c(-c3ccco3)noc2C)CC1. The largest absolute Gasteiger partial charge is 0.463 e. The molecule has 1 aliphatic rings. The van der Waals surface area contributed by atoms with Crippen LogP contribution in [0.4, 0.5) is 0 Å². The highest BCUT2D eigenvalue weighted by Crippen LogP contribution is 2.27. The zero-order valence-corrected chi connectivity index (χ0v) is 12.5. The van der Waals surface area contributed by atoms with Crippen LogP contribution in [-0.4, -0.2) is 52.9 Å². The van der Waals surface area contributed by atoms with Gasteiger partial charge in [-0.25, -0.2) is 0 Å². The molecule has 0 atom stereocenters. The van der Waals surface area contributed by atoms with E-state index in [-0.39, 0.29) is 11.8 Å². The van der Waals surface area contributed by atoms with E-state index in [9.17, 15) is 9.59 Å². The Morgan fingerprint density at radius 3 is 2.45 bits per heavy atom. The predicted molar refractivity (Wildman–Crippen MR) is 77.1 cm³/mol. The summed E-state index contributed by atoms with van der Waals surface area (Å²) in [5.41, 5.74) is 0.840. The molecule has 2 aromatic rings. The van der Waals surface area contributed by atoms with E-state index in [1.54, 1.807) is 28.9 Å². The summed E-state index contributed by atoms with van der Waals surface area (Å²) in [6.45, 7) is 5.33. The minimum Gasteiger partial charge on any atom is -0.463 e. The number of aryl methyl sites for hydroxylation is 1. The highest BCUT2D eigenvalue weighted by Gasteiger charge is 2.29. The lowest BCUT2D eigenvalue weighted by atomic mass is 10.1. The number of nitrogens with zero attached hydrogens (tertiary/aromatic N) is 3. The van der Waals surface area contributed by atoms with Gasteiger partial charge in [-0.1, -0.05) is 5.16 Å². The fourth-order valence-corrected chi connectivity index (χ4v) is 2.59. The van der Waals surface area contributed by atoms with Gasteiger partial charge < -0.3 is 18.7 Å². The lowest BCUT2D eigenvalue weighted by molar-refractivity contribution is -0.130. The summed E-state index contributed by atoms with van der Waals surface area (Å²) < 4.78 is 10.5. The number of hydrogen-bond acceptors (Lipinski definition) is 5.